The van der Waals surface area contributed by atoms with E-state index in [0.717, 1.165) is 0 Å². The van der Waals surface area contributed by atoms with Crippen molar-refractivity contribution in [3.8, 4) is 17.2 Å². The van der Waals surface area contributed by atoms with Crippen LogP contribution in [0.3, 0.4) is 0 Å². The summed E-state index contributed by atoms with van der Waals surface area (Å²) in [5.74, 6) is -7.31. The highest BCUT2D eigenvalue weighted by atomic mass is 16.8. The first-order chi connectivity index (χ1) is 15.8. The molecular formula is C24H30O10. The second-order valence-corrected chi connectivity index (χ2v) is 8.04. The number of ether oxygens (including phenoxy) is 2. The van der Waals surface area contributed by atoms with Crippen molar-refractivity contribution in [1.82, 2.24) is 0 Å². The van der Waals surface area contributed by atoms with Crippen LogP contribution in [-0.4, -0.2) is 54.3 Å². The van der Waals surface area contributed by atoms with Crippen LogP contribution in [0.5, 0.6) is 17.2 Å². The maximum absolute atomic E-state index is 12.1. The van der Waals surface area contributed by atoms with Crippen LogP contribution in [0, 0.1) is 13.8 Å². The summed E-state index contributed by atoms with van der Waals surface area (Å²) in [7, 11) is 0. The Morgan fingerprint density at radius 1 is 0.853 bits per heavy atom. The first-order valence-electron chi connectivity index (χ1n) is 10.7. The van der Waals surface area contributed by atoms with Gasteiger partial charge in [0.15, 0.2) is 5.78 Å². The third-order valence-corrected chi connectivity index (χ3v) is 5.22. The molecule has 2 aromatic carbocycles. The molecule has 34 heavy (non-hydrogen) atoms. The Hall–Kier alpha value is -3.18. The predicted molar refractivity (Wildman–Crippen MR) is 120 cm³/mol. The molecule has 0 fully saturated rings. The van der Waals surface area contributed by atoms with Crippen molar-refractivity contribution in [3.63, 3.8) is 0 Å². The Morgan fingerprint density at radius 2 is 1.41 bits per heavy atom. The Morgan fingerprint density at radius 3 is 1.94 bits per heavy atom. The lowest BCUT2D eigenvalue weighted by atomic mass is 10.0. The molecule has 2 aromatic rings. The van der Waals surface area contributed by atoms with Gasteiger partial charge in [-0.15, -0.1) is 0 Å². The first-order valence-corrected chi connectivity index (χ1v) is 10.7. The van der Waals surface area contributed by atoms with Gasteiger partial charge in [-0.3, -0.25) is 4.79 Å². The highest BCUT2D eigenvalue weighted by Gasteiger charge is 2.32. The van der Waals surface area contributed by atoms with Crippen molar-refractivity contribution < 1.29 is 49.7 Å². The highest BCUT2D eigenvalue weighted by Crippen LogP contribution is 2.34. The zero-order valence-corrected chi connectivity index (χ0v) is 19.2. The summed E-state index contributed by atoms with van der Waals surface area (Å²) in [4.78, 5) is 23.3. The number of hydrogen-bond acceptors (Lipinski definition) is 9. The second kappa shape index (κ2) is 10.8. The van der Waals surface area contributed by atoms with Crippen LogP contribution in [0.4, 0.5) is 0 Å². The van der Waals surface area contributed by atoms with E-state index in [1.54, 1.807) is 0 Å². The summed E-state index contributed by atoms with van der Waals surface area (Å²) in [6.07, 6.45) is -0.259. The standard InChI is InChI=1S/C24H30O10/c1-4-7-18(25)17-10-11-20(15(3)21(17)26)34-24(31,32)13-6-12-23(29,30)33-19-9-5-8-16(14(19)2)22(27)28/h5,8-11,26,29-32H,4,6-7,12-13H2,1-3H3,(H,27,28). The summed E-state index contributed by atoms with van der Waals surface area (Å²) in [6, 6.07) is 6.78. The number of ketones is 1. The van der Waals surface area contributed by atoms with E-state index < -0.39 is 30.8 Å². The minimum absolute atomic E-state index is 0.0516. The molecule has 0 aliphatic carbocycles. The van der Waals surface area contributed by atoms with E-state index in [1.807, 2.05) is 6.92 Å². The van der Waals surface area contributed by atoms with Gasteiger partial charge in [0.2, 0.25) is 0 Å². The molecule has 0 spiro atoms. The molecule has 2 rings (SSSR count). The Balaban J connectivity index is 2.01. The fraction of sp³-hybridized carbons (Fsp3) is 0.417. The zero-order chi connectivity index (χ0) is 25.7. The summed E-state index contributed by atoms with van der Waals surface area (Å²) in [5, 5.41) is 60.1. The number of carbonyl (C=O) groups excluding carboxylic acids is 1. The molecule has 0 unspecified atom stereocenters. The fourth-order valence-corrected chi connectivity index (χ4v) is 3.34. The van der Waals surface area contributed by atoms with E-state index in [0.29, 0.717) is 6.42 Å². The number of carboxylic acid groups (broad SMARTS) is 1. The number of carboxylic acids is 1. The molecule has 0 radical (unpaired) electrons. The number of aromatic hydroxyl groups is 1. The average Bonchev–Trinajstić information content (AvgIpc) is 2.72. The van der Waals surface area contributed by atoms with E-state index >= 15 is 0 Å². The van der Waals surface area contributed by atoms with Crippen LogP contribution >= 0.6 is 0 Å². The van der Waals surface area contributed by atoms with Crippen LogP contribution in [0.1, 0.15) is 70.9 Å². The molecule has 0 saturated heterocycles. The van der Waals surface area contributed by atoms with Gasteiger partial charge in [0.25, 0.3) is 0 Å². The van der Waals surface area contributed by atoms with Crippen molar-refractivity contribution in [2.75, 3.05) is 0 Å². The maximum Gasteiger partial charge on any atom is 0.336 e. The Bertz CT molecular complexity index is 1040. The van der Waals surface area contributed by atoms with E-state index in [9.17, 15) is 35.1 Å². The van der Waals surface area contributed by atoms with Gasteiger partial charge in [-0.2, -0.15) is 0 Å². The Kier molecular flexibility index (Phi) is 8.62. The van der Waals surface area contributed by atoms with Crippen LogP contribution in [0.15, 0.2) is 30.3 Å². The predicted octanol–water partition coefficient (Wildman–Crippen LogP) is 2.59. The third-order valence-electron chi connectivity index (χ3n) is 5.22. The van der Waals surface area contributed by atoms with Crippen molar-refractivity contribution >= 4 is 11.8 Å². The number of aromatic carboxylic acids is 1. The zero-order valence-electron chi connectivity index (χ0n) is 19.2. The van der Waals surface area contributed by atoms with Crippen molar-refractivity contribution in [2.24, 2.45) is 0 Å². The lowest BCUT2D eigenvalue weighted by molar-refractivity contribution is -0.311. The normalized spacial score (nSPS) is 11.9. The van der Waals surface area contributed by atoms with Gasteiger partial charge in [-0.1, -0.05) is 13.0 Å². The molecular weight excluding hydrogens is 448 g/mol. The van der Waals surface area contributed by atoms with Gasteiger partial charge in [-0.05, 0) is 51.0 Å². The van der Waals surface area contributed by atoms with Gasteiger partial charge < -0.3 is 40.1 Å². The monoisotopic (exact) mass is 478 g/mol. The van der Waals surface area contributed by atoms with Crippen LogP contribution in [-0.2, 0) is 0 Å². The SMILES string of the molecule is CCCC(=O)c1ccc(OC(O)(O)CCCC(O)(O)Oc2cccc(C(=O)O)c2C)c(C)c1O. The summed E-state index contributed by atoms with van der Waals surface area (Å²) >= 11 is 0. The number of aliphatic hydroxyl groups is 4. The number of phenols is 1. The average molecular weight is 478 g/mol. The number of hydrogen-bond donors (Lipinski definition) is 6. The molecule has 0 aromatic heterocycles. The molecule has 10 heteroatoms. The van der Waals surface area contributed by atoms with E-state index in [-0.39, 0.29) is 58.1 Å². The van der Waals surface area contributed by atoms with E-state index in [1.165, 1.54) is 44.2 Å². The minimum atomic E-state index is -2.72. The molecule has 0 bridgehead atoms. The number of benzene rings is 2. The molecule has 0 saturated carbocycles. The van der Waals surface area contributed by atoms with Gasteiger partial charge in [0.05, 0.1) is 11.1 Å². The lowest BCUT2D eigenvalue weighted by Crippen LogP contribution is -2.39. The summed E-state index contributed by atoms with van der Waals surface area (Å²) in [5.41, 5.74) is 0.385. The first kappa shape index (κ1) is 27.1. The molecule has 0 heterocycles. The smallest absolute Gasteiger partial charge is 0.336 e. The molecule has 186 valence electrons. The van der Waals surface area contributed by atoms with Crippen molar-refractivity contribution in [2.45, 2.75) is 64.8 Å². The van der Waals surface area contributed by atoms with Crippen molar-refractivity contribution in [3.05, 3.63) is 52.6 Å². The van der Waals surface area contributed by atoms with Crippen LogP contribution < -0.4 is 9.47 Å². The lowest BCUT2D eigenvalue weighted by Gasteiger charge is -2.27. The van der Waals surface area contributed by atoms with Crippen molar-refractivity contribution in [1.29, 1.82) is 0 Å². The van der Waals surface area contributed by atoms with Crippen LogP contribution in [0.25, 0.3) is 0 Å². The van der Waals surface area contributed by atoms with Gasteiger partial charge in [0.1, 0.15) is 17.2 Å². The number of carbonyl (C=O) groups is 2. The highest BCUT2D eigenvalue weighted by molar-refractivity contribution is 5.99. The topological polar surface area (TPSA) is 174 Å². The maximum atomic E-state index is 12.1. The fourth-order valence-electron chi connectivity index (χ4n) is 3.34. The molecule has 0 aliphatic heterocycles. The third kappa shape index (κ3) is 6.91. The van der Waals surface area contributed by atoms with Gasteiger partial charge in [0, 0.05) is 30.4 Å². The molecule has 0 aliphatic rings. The van der Waals surface area contributed by atoms with Gasteiger partial charge >= 0.3 is 17.9 Å². The van der Waals surface area contributed by atoms with E-state index in [4.69, 9.17) is 14.6 Å². The quantitative estimate of drug-likeness (QED) is 0.196. The van der Waals surface area contributed by atoms with Gasteiger partial charge in [-0.25, -0.2) is 4.79 Å². The molecule has 0 atom stereocenters. The molecule has 0 amide bonds. The molecule has 6 N–H and O–H groups in total. The second-order valence-electron chi connectivity index (χ2n) is 8.04. The minimum Gasteiger partial charge on any atom is -0.507 e. The number of phenolic OH excluding ortho intramolecular Hbond substituents is 1. The Labute approximate surface area is 196 Å². The van der Waals surface area contributed by atoms with Crippen LogP contribution in [0.2, 0.25) is 0 Å². The molecule has 10 nitrogen and oxygen atoms in total. The largest absolute Gasteiger partial charge is 0.507 e. The number of Topliss-reactive ketones (excluding diaryl/α,β-unsaturated/α-hetero) is 1. The summed E-state index contributed by atoms with van der Waals surface area (Å²) in [6.45, 7) is 4.74. The summed E-state index contributed by atoms with van der Waals surface area (Å²) < 4.78 is 10.3. The van der Waals surface area contributed by atoms with E-state index in [2.05, 4.69) is 0 Å². The number of rotatable bonds is 12.